The van der Waals surface area contributed by atoms with Crippen LogP contribution in [-0.4, -0.2) is 25.7 Å². The summed E-state index contributed by atoms with van der Waals surface area (Å²) in [5.74, 6) is 0.507. The van der Waals surface area contributed by atoms with Crippen LogP contribution in [0.25, 0.3) is 0 Å². The molecule has 18 heavy (non-hydrogen) atoms. The van der Waals surface area contributed by atoms with Gasteiger partial charge in [0, 0.05) is 37.1 Å². The second-order valence-electron chi connectivity index (χ2n) is 5.01. The third-order valence-corrected chi connectivity index (χ3v) is 3.39. The van der Waals surface area contributed by atoms with Gasteiger partial charge in [-0.25, -0.2) is 0 Å². The SMILES string of the molecule is CCN(CC)c1ccc(NCC(N)C(C)C)cc1. The van der Waals surface area contributed by atoms with Crippen molar-refractivity contribution in [3.63, 3.8) is 0 Å². The van der Waals surface area contributed by atoms with Crippen molar-refractivity contribution in [1.82, 2.24) is 0 Å². The highest BCUT2D eigenvalue weighted by molar-refractivity contribution is 5.55. The summed E-state index contributed by atoms with van der Waals surface area (Å²) in [6.45, 7) is 11.6. The first-order chi connectivity index (χ1) is 8.58. The molecule has 0 aliphatic carbocycles. The summed E-state index contributed by atoms with van der Waals surface area (Å²) in [4.78, 5) is 2.34. The Hall–Kier alpha value is -1.22. The van der Waals surface area contributed by atoms with E-state index in [1.165, 1.54) is 5.69 Å². The van der Waals surface area contributed by atoms with E-state index in [4.69, 9.17) is 5.73 Å². The monoisotopic (exact) mass is 249 g/mol. The molecular weight excluding hydrogens is 222 g/mol. The molecule has 0 saturated carbocycles. The molecule has 3 heteroatoms. The Kier molecular flexibility index (Phi) is 5.99. The Morgan fingerprint density at radius 1 is 1.11 bits per heavy atom. The van der Waals surface area contributed by atoms with Gasteiger partial charge in [-0.05, 0) is 44.0 Å². The van der Waals surface area contributed by atoms with Crippen molar-refractivity contribution in [2.24, 2.45) is 11.7 Å². The lowest BCUT2D eigenvalue weighted by Crippen LogP contribution is -2.33. The topological polar surface area (TPSA) is 41.3 Å². The minimum atomic E-state index is 0.201. The van der Waals surface area contributed by atoms with Crippen molar-refractivity contribution >= 4 is 11.4 Å². The van der Waals surface area contributed by atoms with E-state index in [0.29, 0.717) is 5.92 Å². The average Bonchev–Trinajstić information content (AvgIpc) is 2.38. The van der Waals surface area contributed by atoms with Crippen LogP contribution < -0.4 is 16.0 Å². The van der Waals surface area contributed by atoms with Crippen LogP contribution in [-0.2, 0) is 0 Å². The molecule has 0 radical (unpaired) electrons. The zero-order valence-electron chi connectivity index (χ0n) is 12.1. The zero-order valence-corrected chi connectivity index (χ0v) is 12.1. The van der Waals surface area contributed by atoms with Crippen LogP contribution in [0.5, 0.6) is 0 Å². The Morgan fingerprint density at radius 3 is 2.11 bits per heavy atom. The number of nitrogens with two attached hydrogens (primary N) is 1. The van der Waals surface area contributed by atoms with Crippen LogP contribution in [0.15, 0.2) is 24.3 Å². The molecule has 1 aromatic rings. The molecule has 0 aromatic heterocycles. The summed E-state index contributed by atoms with van der Waals surface area (Å²) >= 11 is 0. The van der Waals surface area contributed by atoms with E-state index in [1.807, 2.05) is 0 Å². The van der Waals surface area contributed by atoms with Crippen molar-refractivity contribution in [2.45, 2.75) is 33.7 Å². The van der Waals surface area contributed by atoms with Gasteiger partial charge in [0.05, 0.1) is 0 Å². The molecule has 0 amide bonds. The van der Waals surface area contributed by atoms with E-state index in [2.05, 4.69) is 62.2 Å². The summed E-state index contributed by atoms with van der Waals surface area (Å²) in [5.41, 5.74) is 8.43. The van der Waals surface area contributed by atoms with E-state index >= 15 is 0 Å². The fraction of sp³-hybridized carbons (Fsp3) is 0.600. The van der Waals surface area contributed by atoms with Gasteiger partial charge in [-0.3, -0.25) is 0 Å². The molecule has 0 aliphatic heterocycles. The largest absolute Gasteiger partial charge is 0.383 e. The Morgan fingerprint density at radius 2 is 1.67 bits per heavy atom. The number of benzene rings is 1. The van der Waals surface area contributed by atoms with Crippen LogP contribution in [0.4, 0.5) is 11.4 Å². The molecule has 0 saturated heterocycles. The van der Waals surface area contributed by atoms with E-state index in [1.54, 1.807) is 0 Å². The minimum Gasteiger partial charge on any atom is -0.383 e. The number of nitrogens with zero attached hydrogens (tertiary/aromatic N) is 1. The molecule has 1 rings (SSSR count). The third-order valence-electron chi connectivity index (χ3n) is 3.39. The second-order valence-corrected chi connectivity index (χ2v) is 5.01. The van der Waals surface area contributed by atoms with Crippen molar-refractivity contribution in [1.29, 1.82) is 0 Å². The number of nitrogens with one attached hydrogen (secondary N) is 1. The maximum atomic E-state index is 6.01. The Balaban J connectivity index is 2.55. The summed E-state index contributed by atoms with van der Waals surface area (Å²) < 4.78 is 0. The summed E-state index contributed by atoms with van der Waals surface area (Å²) in [6.07, 6.45) is 0. The molecule has 1 aromatic carbocycles. The highest BCUT2D eigenvalue weighted by atomic mass is 15.1. The fourth-order valence-corrected chi connectivity index (χ4v) is 1.85. The number of hydrogen-bond donors (Lipinski definition) is 2. The highest BCUT2D eigenvalue weighted by Crippen LogP contribution is 2.17. The summed E-state index contributed by atoms with van der Waals surface area (Å²) in [6, 6.07) is 8.78. The quantitative estimate of drug-likeness (QED) is 0.780. The van der Waals surface area contributed by atoms with Crippen LogP contribution in [0.3, 0.4) is 0 Å². The van der Waals surface area contributed by atoms with Gasteiger partial charge >= 0.3 is 0 Å². The Labute approximate surface area is 111 Å². The fourth-order valence-electron chi connectivity index (χ4n) is 1.85. The van der Waals surface area contributed by atoms with Gasteiger partial charge < -0.3 is 16.0 Å². The molecule has 1 unspecified atom stereocenters. The average molecular weight is 249 g/mol. The van der Waals surface area contributed by atoms with Gasteiger partial charge in [0.15, 0.2) is 0 Å². The van der Waals surface area contributed by atoms with E-state index in [9.17, 15) is 0 Å². The number of rotatable bonds is 7. The first-order valence-electron chi connectivity index (χ1n) is 6.92. The summed E-state index contributed by atoms with van der Waals surface area (Å²) in [5, 5.41) is 3.38. The maximum absolute atomic E-state index is 6.01. The molecule has 102 valence electrons. The normalized spacial score (nSPS) is 12.6. The molecule has 0 fully saturated rings. The van der Waals surface area contributed by atoms with Gasteiger partial charge in [0.1, 0.15) is 0 Å². The smallest absolute Gasteiger partial charge is 0.0367 e. The number of hydrogen-bond acceptors (Lipinski definition) is 3. The van der Waals surface area contributed by atoms with E-state index < -0.39 is 0 Å². The lowest BCUT2D eigenvalue weighted by molar-refractivity contribution is 0.511. The van der Waals surface area contributed by atoms with Crippen LogP contribution in [0.2, 0.25) is 0 Å². The summed E-state index contributed by atoms with van der Waals surface area (Å²) in [7, 11) is 0. The van der Waals surface area contributed by atoms with Crippen molar-refractivity contribution in [3.8, 4) is 0 Å². The second kappa shape index (κ2) is 7.27. The third kappa shape index (κ3) is 4.22. The van der Waals surface area contributed by atoms with Gasteiger partial charge in [-0.1, -0.05) is 13.8 Å². The molecule has 3 N–H and O–H groups in total. The van der Waals surface area contributed by atoms with Crippen molar-refractivity contribution in [3.05, 3.63) is 24.3 Å². The van der Waals surface area contributed by atoms with E-state index in [0.717, 1.165) is 25.3 Å². The molecule has 0 bridgehead atoms. The standard InChI is InChI=1S/C15H27N3/c1-5-18(6-2)14-9-7-13(8-10-14)17-11-15(16)12(3)4/h7-10,12,15,17H,5-6,11,16H2,1-4H3. The van der Waals surface area contributed by atoms with Gasteiger partial charge in [0.25, 0.3) is 0 Å². The lowest BCUT2D eigenvalue weighted by atomic mass is 10.1. The zero-order chi connectivity index (χ0) is 13.5. The molecule has 3 nitrogen and oxygen atoms in total. The molecular formula is C15H27N3. The molecule has 0 aliphatic rings. The minimum absolute atomic E-state index is 0.201. The molecule has 0 spiro atoms. The van der Waals surface area contributed by atoms with Crippen LogP contribution in [0, 0.1) is 5.92 Å². The van der Waals surface area contributed by atoms with Gasteiger partial charge in [0.2, 0.25) is 0 Å². The predicted octanol–water partition coefficient (Wildman–Crippen LogP) is 2.93. The first kappa shape index (κ1) is 14.8. The lowest BCUT2D eigenvalue weighted by Gasteiger charge is -2.22. The van der Waals surface area contributed by atoms with Crippen LogP contribution >= 0.6 is 0 Å². The van der Waals surface area contributed by atoms with Gasteiger partial charge in [-0.15, -0.1) is 0 Å². The van der Waals surface area contributed by atoms with Crippen LogP contribution in [0.1, 0.15) is 27.7 Å². The first-order valence-corrected chi connectivity index (χ1v) is 6.92. The Bertz CT molecular complexity index is 328. The van der Waals surface area contributed by atoms with Crippen molar-refractivity contribution < 1.29 is 0 Å². The predicted molar refractivity (Wildman–Crippen MR) is 81.3 cm³/mol. The molecule has 0 heterocycles. The number of anilines is 2. The van der Waals surface area contributed by atoms with E-state index in [-0.39, 0.29) is 6.04 Å². The highest BCUT2D eigenvalue weighted by Gasteiger charge is 2.07. The molecule has 1 atom stereocenters. The maximum Gasteiger partial charge on any atom is 0.0367 e. The van der Waals surface area contributed by atoms with Gasteiger partial charge in [-0.2, -0.15) is 0 Å². The van der Waals surface area contributed by atoms with Crippen molar-refractivity contribution in [2.75, 3.05) is 29.9 Å².